The molecule has 0 amide bonds. The van der Waals surface area contributed by atoms with Crippen LogP contribution >= 0.6 is 0 Å². The number of hydrogen-bond acceptors (Lipinski definition) is 3. The summed E-state index contributed by atoms with van der Waals surface area (Å²) in [5.74, 6) is 0.212. The lowest BCUT2D eigenvalue weighted by Crippen LogP contribution is -2.27. The topological polar surface area (TPSA) is 57.6 Å². The molecule has 0 radical (unpaired) electrons. The van der Waals surface area contributed by atoms with Crippen molar-refractivity contribution in [2.24, 2.45) is 0 Å². The summed E-state index contributed by atoms with van der Waals surface area (Å²) in [6, 6.07) is 12.2. The van der Waals surface area contributed by atoms with E-state index in [0.29, 0.717) is 18.0 Å². The zero-order valence-electron chi connectivity index (χ0n) is 12.5. The first-order chi connectivity index (χ1) is 10.5. The molecule has 116 valence electrons. The fourth-order valence-corrected chi connectivity index (χ4v) is 4.34. The second kappa shape index (κ2) is 5.74. The summed E-state index contributed by atoms with van der Waals surface area (Å²) in [7, 11) is -3.37. The lowest BCUT2D eigenvalue weighted by atomic mass is 10.0. The lowest BCUT2D eigenvalue weighted by Gasteiger charge is -2.15. The van der Waals surface area contributed by atoms with E-state index in [1.807, 2.05) is 13.0 Å². The molecular weight excluding hydrogens is 298 g/mol. The van der Waals surface area contributed by atoms with Crippen LogP contribution < -0.4 is 0 Å². The highest BCUT2D eigenvalue weighted by atomic mass is 32.2. The van der Waals surface area contributed by atoms with Crippen LogP contribution in [0.1, 0.15) is 18.4 Å². The molecule has 1 fully saturated rings. The van der Waals surface area contributed by atoms with E-state index in [1.165, 1.54) is 0 Å². The minimum atomic E-state index is -3.37. The van der Waals surface area contributed by atoms with Crippen LogP contribution in [0.4, 0.5) is 0 Å². The van der Waals surface area contributed by atoms with Gasteiger partial charge in [0.15, 0.2) is 0 Å². The van der Waals surface area contributed by atoms with Crippen LogP contribution in [0.3, 0.4) is 0 Å². The Labute approximate surface area is 131 Å². The van der Waals surface area contributed by atoms with E-state index < -0.39 is 10.0 Å². The van der Waals surface area contributed by atoms with Crippen LogP contribution in [-0.4, -0.2) is 30.9 Å². The van der Waals surface area contributed by atoms with Gasteiger partial charge in [0.2, 0.25) is 10.0 Å². The SMILES string of the molecule is Cc1cc(O)cc(-c2ccc(S(=O)(=O)N3CCCC3)cc2)c1. The Bertz CT molecular complexity index is 756. The zero-order valence-corrected chi connectivity index (χ0v) is 13.3. The van der Waals surface area contributed by atoms with Gasteiger partial charge in [-0.3, -0.25) is 0 Å². The van der Waals surface area contributed by atoms with Gasteiger partial charge in [0.1, 0.15) is 5.75 Å². The van der Waals surface area contributed by atoms with E-state index in [9.17, 15) is 13.5 Å². The Hall–Kier alpha value is -1.85. The normalized spacial score (nSPS) is 16.0. The monoisotopic (exact) mass is 317 g/mol. The maximum Gasteiger partial charge on any atom is 0.243 e. The molecule has 4 nitrogen and oxygen atoms in total. The van der Waals surface area contributed by atoms with Gasteiger partial charge in [-0.25, -0.2) is 8.42 Å². The molecule has 1 heterocycles. The average Bonchev–Trinajstić information content (AvgIpc) is 3.01. The molecule has 0 unspecified atom stereocenters. The summed E-state index contributed by atoms with van der Waals surface area (Å²) >= 11 is 0. The van der Waals surface area contributed by atoms with Crippen molar-refractivity contribution >= 4 is 10.0 Å². The van der Waals surface area contributed by atoms with Crippen molar-refractivity contribution in [3.05, 3.63) is 48.0 Å². The summed E-state index contributed by atoms with van der Waals surface area (Å²) in [6.45, 7) is 3.13. The van der Waals surface area contributed by atoms with Crippen molar-refractivity contribution in [3.63, 3.8) is 0 Å². The van der Waals surface area contributed by atoms with E-state index in [4.69, 9.17) is 0 Å². The summed E-state index contributed by atoms with van der Waals surface area (Å²) in [4.78, 5) is 0.329. The van der Waals surface area contributed by atoms with E-state index in [-0.39, 0.29) is 5.75 Å². The molecule has 0 spiro atoms. The first kappa shape index (κ1) is 15.1. The fraction of sp³-hybridized carbons (Fsp3) is 0.294. The van der Waals surface area contributed by atoms with Crippen molar-refractivity contribution in [1.29, 1.82) is 0 Å². The van der Waals surface area contributed by atoms with E-state index in [0.717, 1.165) is 29.5 Å². The highest BCUT2D eigenvalue weighted by Crippen LogP contribution is 2.27. The fourth-order valence-electron chi connectivity index (χ4n) is 2.83. The first-order valence-electron chi connectivity index (χ1n) is 7.38. The smallest absolute Gasteiger partial charge is 0.243 e. The maximum absolute atomic E-state index is 12.5. The van der Waals surface area contributed by atoms with Gasteiger partial charge in [-0.1, -0.05) is 18.2 Å². The van der Waals surface area contributed by atoms with E-state index in [1.54, 1.807) is 40.7 Å². The van der Waals surface area contributed by atoms with Crippen LogP contribution in [0.25, 0.3) is 11.1 Å². The minimum absolute atomic E-state index is 0.212. The standard InChI is InChI=1S/C17H19NO3S/c1-13-10-15(12-16(19)11-13)14-4-6-17(7-5-14)22(20,21)18-8-2-3-9-18/h4-7,10-12,19H,2-3,8-9H2,1H3. The number of benzene rings is 2. The van der Waals surface area contributed by atoms with Gasteiger partial charge in [-0.15, -0.1) is 0 Å². The van der Waals surface area contributed by atoms with Crippen LogP contribution in [0.2, 0.25) is 0 Å². The van der Waals surface area contributed by atoms with Crippen LogP contribution in [0.5, 0.6) is 5.75 Å². The van der Waals surface area contributed by atoms with Crippen molar-refractivity contribution in [2.45, 2.75) is 24.7 Å². The van der Waals surface area contributed by atoms with Gasteiger partial charge >= 0.3 is 0 Å². The molecule has 0 bridgehead atoms. The second-order valence-electron chi connectivity index (χ2n) is 5.69. The molecule has 1 aliphatic heterocycles. The number of phenolic OH excluding ortho intramolecular Hbond substituents is 1. The van der Waals surface area contributed by atoms with E-state index >= 15 is 0 Å². The first-order valence-corrected chi connectivity index (χ1v) is 8.82. The molecule has 1 saturated heterocycles. The Balaban J connectivity index is 1.92. The summed E-state index contributed by atoms with van der Waals surface area (Å²) < 4.78 is 26.5. The second-order valence-corrected chi connectivity index (χ2v) is 7.63. The maximum atomic E-state index is 12.5. The number of sulfonamides is 1. The molecule has 1 aliphatic rings. The Morgan fingerprint density at radius 3 is 2.18 bits per heavy atom. The summed E-state index contributed by atoms with van der Waals surface area (Å²) in [5.41, 5.74) is 2.73. The minimum Gasteiger partial charge on any atom is -0.508 e. The zero-order chi connectivity index (χ0) is 15.7. The van der Waals surface area contributed by atoms with Gasteiger partial charge in [-0.2, -0.15) is 4.31 Å². The van der Waals surface area contributed by atoms with Gasteiger partial charge in [0, 0.05) is 13.1 Å². The number of hydrogen-bond donors (Lipinski definition) is 1. The predicted octanol–water partition coefficient (Wildman–Crippen LogP) is 3.15. The van der Waals surface area contributed by atoms with Crippen molar-refractivity contribution < 1.29 is 13.5 Å². The van der Waals surface area contributed by atoms with Gasteiger partial charge in [0.05, 0.1) is 4.90 Å². The summed E-state index contributed by atoms with van der Waals surface area (Å²) in [5, 5.41) is 9.68. The molecule has 1 N–H and O–H groups in total. The van der Waals surface area contributed by atoms with Crippen LogP contribution in [0.15, 0.2) is 47.4 Å². The van der Waals surface area contributed by atoms with Crippen molar-refractivity contribution in [1.82, 2.24) is 4.31 Å². The third-order valence-electron chi connectivity index (χ3n) is 3.95. The van der Waals surface area contributed by atoms with Gasteiger partial charge in [-0.05, 0) is 60.7 Å². The van der Waals surface area contributed by atoms with Crippen molar-refractivity contribution in [3.8, 4) is 16.9 Å². The number of phenols is 1. The molecule has 0 aromatic heterocycles. The molecule has 5 heteroatoms. The van der Waals surface area contributed by atoms with Gasteiger partial charge in [0.25, 0.3) is 0 Å². The molecule has 22 heavy (non-hydrogen) atoms. The molecule has 3 rings (SSSR count). The highest BCUT2D eigenvalue weighted by molar-refractivity contribution is 7.89. The Morgan fingerprint density at radius 2 is 1.59 bits per heavy atom. The highest BCUT2D eigenvalue weighted by Gasteiger charge is 2.26. The molecule has 0 atom stereocenters. The molecule has 0 saturated carbocycles. The molecule has 2 aromatic carbocycles. The van der Waals surface area contributed by atoms with Crippen LogP contribution in [-0.2, 0) is 10.0 Å². The predicted molar refractivity (Wildman–Crippen MR) is 86.3 cm³/mol. The largest absolute Gasteiger partial charge is 0.508 e. The number of rotatable bonds is 3. The molecule has 2 aromatic rings. The van der Waals surface area contributed by atoms with E-state index in [2.05, 4.69) is 0 Å². The molecule has 0 aliphatic carbocycles. The van der Waals surface area contributed by atoms with Crippen molar-refractivity contribution in [2.75, 3.05) is 13.1 Å². The third kappa shape index (κ3) is 2.87. The number of aryl methyl sites for hydroxylation is 1. The number of nitrogens with zero attached hydrogens (tertiary/aromatic N) is 1. The average molecular weight is 317 g/mol. The molecular formula is C17H19NO3S. The quantitative estimate of drug-likeness (QED) is 0.946. The third-order valence-corrected chi connectivity index (χ3v) is 5.87. The van der Waals surface area contributed by atoms with Crippen LogP contribution in [0, 0.1) is 6.92 Å². The Kier molecular flexibility index (Phi) is 3.93. The Morgan fingerprint density at radius 1 is 0.955 bits per heavy atom. The van der Waals surface area contributed by atoms with Gasteiger partial charge < -0.3 is 5.11 Å². The number of aromatic hydroxyl groups is 1. The lowest BCUT2D eigenvalue weighted by molar-refractivity contribution is 0.475. The summed E-state index contributed by atoms with van der Waals surface area (Å²) in [6.07, 6.45) is 1.86.